The molecule has 0 bridgehead atoms. The van der Waals surface area contributed by atoms with Crippen molar-refractivity contribution >= 4 is 69.2 Å². The van der Waals surface area contributed by atoms with Gasteiger partial charge in [0.25, 0.3) is 0 Å². The molecular formula is C23H12Cl4N2O2. The summed E-state index contributed by atoms with van der Waals surface area (Å²) >= 11 is 24.9. The number of fused-ring (bicyclic) bond motifs is 1. The van der Waals surface area contributed by atoms with Crippen molar-refractivity contribution in [3.63, 3.8) is 0 Å². The van der Waals surface area contributed by atoms with E-state index in [-0.39, 0.29) is 18.1 Å². The predicted octanol–water partition coefficient (Wildman–Crippen LogP) is 8.08. The molecule has 4 aromatic rings. The number of nitriles is 1. The van der Waals surface area contributed by atoms with Crippen LogP contribution < -0.4 is 4.74 Å². The van der Waals surface area contributed by atoms with Crippen LogP contribution in [0.25, 0.3) is 22.7 Å². The van der Waals surface area contributed by atoms with Crippen LogP contribution in [0.4, 0.5) is 0 Å². The number of rotatable bonds is 5. The molecule has 0 aliphatic heterocycles. The quantitative estimate of drug-likeness (QED) is 0.266. The van der Waals surface area contributed by atoms with Crippen molar-refractivity contribution in [2.24, 2.45) is 0 Å². The Morgan fingerprint density at radius 3 is 2.42 bits per heavy atom. The Morgan fingerprint density at radius 2 is 1.74 bits per heavy atom. The maximum absolute atomic E-state index is 9.58. The highest BCUT2D eigenvalue weighted by Crippen LogP contribution is 2.36. The van der Waals surface area contributed by atoms with Crippen LogP contribution in [0.15, 0.2) is 59.0 Å². The monoisotopic (exact) mass is 488 g/mol. The molecule has 154 valence electrons. The Kier molecular flexibility index (Phi) is 6.41. The molecular weight excluding hydrogens is 478 g/mol. The van der Waals surface area contributed by atoms with E-state index in [0.29, 0.717) is 42.5 Å². The molecule has 0 aliphatic rings. The Morgan fingerprint density at radius 1 is 1.00 bits per heavy atom. The fourth-order valence-electron chi connectivity index (χ4n) is 2.89. The minimum atomic E-state index is 0.164. The van der Waals surface area contributed by atoms with Crippen LogP contribution in [-0.4, -0.2) is 4.98 Å². The average Bonchev–Trinajstić information content (AvgIpc) is 3.16. The van der Waals surface area contributed by atoms with Gasteiger partial charge in [-0.1, -0.05) is 64.6 Å². The molecule has 3 aromatic carbocycles. The van der Waals surface area contributed by atoms with Crippen molar-refractivity contribution in [1.82, 2.24) is 4.98 Å². The van der Waals surface area contributed by atoms with Gasteiger partial charge in [0, 0.05) is 15.6 Å². The second-order valence-corrected chi connectivity index (χ2v) is 8.15. The van der Waals surface area contributed by atoms with Crippen LogP contribution in [0.3, 0.4) is 0 Å². The Hall–Kier alpha value is -2.68. The van der Waals surface area contributed by atoms with Gasteiger partial charge in [-0.25, -0.2) is 4.98 Å². The molecule has 0 radical (unpaired) electrons. The molecule has 0 aliphatic carbocycles. The molecule has 0 saturated heterocycles. The molecule has 1 aromatic heterocycles. The molecule has 0 saturated carbocycles. The van der Waals surface area contributed by atoms with E-state index in [0.717, 1.165) is 5.56 Å². The van der Waals surface area contributed by atoms with Gasteiger partial charge in [-0.15, -0.1) is 0 Å². The van der Waals surface area contributed by atoms with Gasteiger partial charge in [-0.3, -0.25) is 0 Å². The van der Waals surface area contributed by atoms with E-state index in [1.807, 2.05) is 18.2 Å². The van der Waals surface area contributed by atoms with Gasteiger partial charge in [-0.05, 0) is 48.0 Å². The summed E-state index contributed by atoms with van der Waals surface area (Å²) in [6, 6.07) is 17.8. The Bertz CT molecular complexity index is 1300. The third-order valence-electron chi connectivity index (χ3n) is 4.36. The number of benzene rings is 3. The van der Waals surface area contributed by atoms with Crippen LogP contribution in [-0.2, 0) is 6.61 Å². The molecule has 0 atom stereocenters. The molecule has 0 unspecified atom stereocenters. The molecule has 8 heteroatoms. The van der Waals surface area contributed by atoms with E-state index in [9.17, 15) is 5.26 Å². The summed E-state index contributed by atoms with van der Waals surface area (Å²) in [4.78, 5) is 4.35. The van der Waals surface area contributed by atoms with E-state index < -0.39 is 0 Å². The third-order valence-corrected chi connectivity index (χ3v) is 5.51. The molecule has 0 N–H and O–H groups in total. The highest BCUT2D eigenvalue weighted by atomic mass is 35.5. The van der Waals surface area contributed by atoms with Gasteiger partial charge >= 0.3 is 0 Å². The number of nitrogens with zero attached hydrogens (tertiary/aromatic N) is 2. The van der Waals surface area contributed by atoms with Gasteiger partial charge in [-0.2, -0.15) is 5.26 Å². The van der Waals surface area contributed by atoms with E-state index in [1.165, 1.54) is 0 Å². The van der Waals surface area contributed by atoms with Gasteiger partial charge in [0.05, 0.1) is 10.0 Å². The lowest BCUT2D eigenvalue weighted by atomic mass is 10.1. The van der Waals surface area contributed by atoms with Gasteiger partial charge in [0.1, 0.15) is 23.8 Å². The average molecular weight is 490 g/mol. The molecule has 0 fully saturated rings. The zero-order chi connectivity index (χ0) is 22.0. The number of halogens is 4. The minimum Gasteiger partial charge on any atom is -0.486 e. The smallest absolute Gasteiger partial charge is 0.238 e. The lowest BCUT2D eigenvalue weighted by Crippen LogP contribution is -1.98. The van der Waals surface area contributed by atoms with Crippen molar-refractivity contribution in [1.29, 1.82) is 5.26 Å². The first-order valence-electron chi connectivity index (χ1n) is 8.98. The first-order chi connectivity index (χ1) is 14.9. The lowest BCUT2D eigenvalue weighted by molar-refractivity contribution is 0.306. The van der Waals surface area contributed by atoms with Crippen molar-refractivity contribution in [2.45, 2.75) is 6.61 Å². The summed E-state index contributed by atoms with van der Waals surface area (Å²) in [5.41, 5.74) is 2.85. The van der Waals surface area contributed by atoms with E-state index in [4.69, 9.17) is 55.6 Å². The maximum atomic E-state index is 9.58. The highest BCUT2D eigenvalue weighted by molar-refractivity contribution is 6.37. The van der Waals surface area contributed by atoms with Crippen LogP contribution in [0.2, 0.25) is 20.1 Å². The summed E-state index contributed by atoms with van der Waals surface area (Å²) < 4.78 is 11.4. The van der Waals surface area contributed by atoms with Crippen LogP contribution >= 0.6 is 46.4 Å². The number of ether oxygens (including phenoxy) is 1. The number of para-hydroxylation sites is 2. The van der Waals surface area contributed by atoms with Crippen molar-refractivity contribution in [2.75, 3.05) is 0 Å². The normalized spacial score (nSPS) is 11.5. The Balaban J connectivity index is 1.60. The molecule has 31 heavy (non-hydrogen) atoms. The van der Waals surface area contributed by atoms with Gasteiger partial charge in [0.2, 0.25) is 5.89 Å². The molecule has 4 rings (SSSR count). The summed E-state index contributed by atoms with van der Waals surface area (Å²) in [5.74, 6) is 0.528. The summed E-state index contributed by atoms with van der Waals surface area (Å²) in [7, 11) is 0. The van der Waals surface area contributed by atoms with Crippen molar-refractivity contribution in [3.8, 4) is 11.8 Å². The number of hydrogen-bond acceptors (Lipinski definition) is 4. The fourth-order valence-corrected chi connectivity index (χ4v) is 3.96. The predicted molar refractivity (Wildman–Crippen MR) is 125 cm³/mol. The SMILES string of the molecule is N#C/C(=C\c1cc(Cl)c(OCc2ccc(Cl)cc2Cl)c(Cl)c1)c1nc2ccccc2o1. The second-order valence-electron chi connectivity index (χ2n) is 6.49. The maximum Gasteiger partial charge on any atom is 0.238 e. The van der Waals surface area contributed by atoms with Crippen molar-refractivity contribution < 1.29 is 9.15 Å². The molecule has 1 heterocycles. The third kappa shape index (κ3) is 4.81. The zero-order valence-electron chi connectivity index (χ0n) is 15.7. The van der Waals surface area contributed by atoms with Crippen LogP contribution in [0.5, 0.6) is 5.75 Å². The number of aromatic nitrogens is 1. The molecule has 4 nitrogen and oxygen atoms in total. The lowest BCUT2D eigenvalue weighted by Gasteiger charge is -2.12. The van der Waals surface area contributed by atoms with Crippen LogP contribution in [0, 0.1) is 11.3 Å². The molecule has 0 spiro atoms. The fraction of sp³-hybridized carbons (Fsp3) is 0.0435. The largest absolute Gasteiger partial charge is 0.486 e. The Labute approximate surface area is 198 Å². The number of oxazole rings is 1. The zero-order valence-corrected chi connectivity index (χ0v) is 18.7. The summed E-state index contributed by atoms with van der Waals surface area (Å²) in [5, 5.41) is 11.2. The first kappa shape index (κ1) is 21.5. The summed E-state index contributed by atoms with van der Waals surface area (Å²) in [6.45, 7) is 0.164. The first-order valence-corrected chi connectivity index (χ1v) is 10.5. The van der Waals surface area contributed by atoms with E-state index >= 15 is 0 Å². The van der Waals surface area contributed by atoms with E-state index in [2.05, 4.69) is 11.1 Å². The topological polar surface area (TPSA) is 59.0 Å². The minimum absolute atomic E-state index is 0.164. The number of hydrogen-bond donors (Lipinski definition) is 0. The van der Waals surface area contributed by atoms with Gasteiger partial charge in [0.15, 0.2) is 11.3 Å². The summed E-state index contributed by atoms with van der Waals surface area (Å²) in [6.07, 6.45) is 1.60. The van der Waals surface area contributed by atoms with Crippen molar-refractivity contribution in [3.05, 3.63) is 91.7 Å². The second kappa shape index (κ2) is 9.21. The van der Waals surface area contributed by atoms with Crippen LogP contribution in [0.1, 0.15) is 17.0 Å². The van der Waals surface area contributed by atoms with Gasteiger partial charge < -0.3 is 9.15 Å². The molecule has 0 amide bonds. The standard InChI is InChI=1S/C23H12Cl4N2O2/c24-16-6-5-14(17(25)10-16)12-30-22-18(26)8-13(9-19(22)27)7-15(11-28)23-29-20-3-1-2-4-21(20)31-23/h1-10H,12H2/b15-7+. The van der Waals surface area contributed by atoms with E-state index in [1.54, 1.807) is 42.5 Å². The number of allylic oxidation sites excluding steroid dienone is 1. The highest BCUT2D eigenvalue weighted by Gasteiger charge is 2.14.